The molecule has 0 bridgehead atoms. The van der Waals surface area contributed by atoms with Crippen molar-refractivity contribution in [2.75, 3.05) is 18.1 Å². The van der Waals surface area contributed by atoms with Crippen LogP contribution in [-0.4, -0.2) is 49.0 Å². The van der Waals surface area contributed by atoms with Gasteiger partial charge in [0.25, 0.3) is 0 Å². The number of nitrogens with zero attached hydrogens (tertiary/aromatic N) is 3. The minimum atomic E-state index is -5.34. The van der Waals surface area contributed by atoms with Crippen LogP contribution in [0.15, 0.2) is 71.6 Å². The van der Waals surface area contributed by atoms with Crippen molar-refractivity contribution in [3.05, 3.63) is 118 Å². The number of hydrogen-bond donors (Lipinski definition) is 1. The molecule has 0 radical (unpaired) electrons. The summed E-state index contributed by atoms with van der Waals surface area (Å²) < 4.78 is 98.1. The number of amides is 1. The van der Waals surface area contributed by atoms with Gasteiger partial charge in [0.2, 0.25) is 15.9 Å². The van der Waals surface area contributed by atoms with Crippen molar-refractivity contribution < 1.29 is 50.1 Å². The highest BCUT2D eigenvalue weighted by Gasteiger charge is 2.36. The summed E-state index contributed by atoms with van der Waals surface area (Å²) in [4.78, 5) is 26.0. The van der Waals surface area contributed by atoms with Gasteiger partial charge in [-0.2, -0.15) is 9.57 Å². The molecular formula is C38H35F4N3O7S. The van der Waals surface area contributed by atoms with Gasteiger partial charge >= 0.3 is 5.97 Å². The molecule has 0 spiro atoms. The van der Waals surface area contributed by atoms with Crippen molar-refractivity contribution in [2.24, 2.45) is 0 Å². The maximum Gasteiger partial charge on any atom is 0.335 e. The van der Waals surface area contributed by atoms with E-state index in [-0.39, 0.29) is 59.4 Å². The molecule has 4 aromatic carbocycles. The van der Waals surface area contributed by atoms with Crippen LogP contribution in [0.25, 0.3) is 0 Å². The highest BCUT2D eigenvalue weighted by atomic mass is 32.2. The zero-order chi connectivity index (χ0) is 38.6. The van der Waals surface area contributed by atoms with E-state index >= 15 is 4.39 Å². The van der Waals surface area contributed by atoms with Gasteiger partial charge < -0.3 is 19.5 Å². The predicted molar refractivity (Wildman–Crippen MR) is 185 cm³/mol. The number of aromatic carboxylic acids is 1. The number of carbonyl (C=O) groups excluding carboxylic acids is 1. The first-order valence-corrected chi connectivity index (χ1v) is 18.0. The summed E-state index contributed by atoms with van der Waals surface area (Å²) in [5, 5.41) is 19.4. The lowest BCUT2D eigenvalue weighted by Crippen LogP contribution is -2.43. The van der Waals surface area contributed by atoms with Crippen molar-refractivity contribution in [3.8, 4) is 17.6 Å². The van der Waals surface area contributed by atoms with Crippen LogP contribution in [0.2, 0.25) is 0 Å². The van der Waals surface area contributed by atoms with E-state index in [2.05, 4.69) is 0 Å². The summed E-state index contributed by atoms with van der Waals surface area (Å²) in [7, 11) is -5.34. The number of carboxylic acid groups (broad SMARTS) is 1. The van der Waals surface area contributed by atoms with Crippen LogP contribution in [0.1, 0.15) is 72.1 Å². The highest BCUT2D eigenvalue weighted by molar-refractivity contribution is 7.89. The van der Waals surface area contributed by atoms with E-state index < -0.39 is 63.2 Å². The third-order valence-corrected chi connectivity index (χ3v) is 10.1. The van der Waals surface area contributed by atoms with Crippen LogP contribution in [-0.2, 0) is 27.9 Å². The van der Waals surface area contributed by atoms with Gasteiger partial charge in [-0.25, -0.2) is 30.8 Å². The van der Waals surface area contributed by atoms with Gasteiger partial charge in [-0.1, -0.05) is 24.3 Å². The third kappa shape index (κ3) is 8.78. The number of ether oxygens (including phenoxy) is 2. The van der Waals surface area contributed by atoms with Crippen LogP contribution < -0.4 is 14.4 Å². The fraction of sp³-hybridized carbons (Fsp3) is 0.289. The molecule has 0 unspecified atom stereocenters. The molecule has 53 heavy (non-hydrogen) atoms. The molecule has 15 heteroatoms. The number of carbonyl (C=O) groups is 2. The molecule has 1 aliphatic carbocycles. The van der Waals surface area contributed by atoms with Gasteiger partial charge in [-0.15, -0.1) is 0 Å². The Bertz CT molecular complexity index is 2200. The first-order chi connectivity index (χ1) is 25.1. The number of rotatable bonds is 15. The molecule has 0 atom stereocenters. The number of halogens is 4. The zero-order valence-electron chi connectivity index (χ0n) is 28.9. The Balaban J connectivity index is 1.66. The van der Waals surface area contributed by atoms with E-state index in [0.29, 0.717) is 15.6 Å². The van der Waals surface area contributed by atoms with Crippen LogP contribution in [0.5, 0.6) is 11.5 Å². The summed E-state index contributed by atoms with van der Waals surface area (Å²) >= 11 is 0. The largest absolute Gasteiger partial charge is 0.492 e. The average molecular weight is 754 g/mol. The predicted octanol–water partition coefficient (Wildman–Crippen LogP) is 7.30. The number of sulfonamides is 1. The van der Waals surface area contributed by atoms with Gasteiger partial charge in [0, 0.05) is 12.6 Å². The van der Waals surface area contributed by atoms with Gasteiger partial charge in [0.1, 0.15) is 16.4 Å². The van der Waals surface area contributed by atoms with Crippen molar-refractivity contribution in [1.82, 2.24) is 4.31 Å². The summed E-state index contributed by atoms with van der Waals surface area (Å²) in [5.41, 5.74) is 1.44. The molecule has 1 aliphatic rings. The molecule has 0 aromatic heterocycles. The highest BCUT2D eigenvalue weighted by Crippen LogP contribution is 2.42. The lowest BCUT2D eigenvalue weighted by Gasteiger charge is -2.29. The third-order valence-electron chi connectivity index (χ3n) is 8.33. The standard InChI is InChI=1S/C38H35F4N3O7S/c1-4-51-32-16-25(38(47)48)11-12-31(32)45(19-23-13-28(24-9-10-24)15-29(14-23)52-22(2)3)34(46)21-44(20-27-8-6-5-7-26(27)18-43)53(49,50)33-17-30(39)35(40)37(42)36(33)41/h5-8,11-17,22,24H,4,9-10,19-21H2,1-3H3,(H,47,48). The second-order valence-electron chi connectivity index (χ2n) is 12.6. The van der Waals surface area contributed by atoms with E-state index in [1.165, 1.54) is 42.5 Å². The van der Waals surface area contributed by atoms with E-state index in [1.54, 1.807) is 13.0 Å². The Labute approximate surface area is 303 Å². The number of nitriles is 1. The average Bonchev–Trinajstić information content (AvgIpc) is 3.97. The summed E-state index contributed by atoms with van der Waals surface area (Å²) in [6.07, 6.45) is 1.69. The molecule has 278 valence electrons. The molecule has 4 aromatic rings. The second-order valence-corrected chi connectivity index (χ2v) is 14.5. The number of benzene rings is 4. The molecule has 1 amide bonds. The molecule has 1 fully saturated rings. The van der Waals surface area contributed by atoms with Crippen molar-refractivity contribution >= 4 is 27.6 Å². The first kappa shape index (κ1) is 38.8. The van der Waals surface area contributed by atoms with Gasteiger partial charge in [0.05, 0.1) is 48.7 Å². The topological polar surface area (TPSA) is 137 Å². The normalized spacial score (nSPS) is 12.8. The van der Waals surface area contributed by atoms with Crippen LogP contribution >= 0.6 is 0 Å². The Hall–Kier alpha value is -5.46. The Morgan fingerprint density at radius 3 is 2.32 bits per heavy atom. The van der Waals surface area contributed by atoms with E-state index in [0.717, 1.165) is 23.3 Å². The SMILES string of the molecule is CCOc1cc(C(=O)O)ccc1N(Cc1cc(OC(C)C)cc(C2CC2)c1)C(=O)CN(Cc1ccccc1C#N)S(=O)(=O)c1cc(F)c(F)c(F)c1F. The Morgan fingerprint density at radius 1 is 0.962 bits per heavy atom. The van der Waals surface area contributed by atoms with Crippen molar-refractivity contribution in [2.45, 2.75) is 63.6 Å². The van der Waals surface area contributed by atoms with Crippen molar-refractivity contribution in [1.29, 1.82) is 5.26 Å². The summed E-state index contributed by atoms with van der Waals surface area (Å²) in [6.45, 7) is 3.31. The number of carboxylic acids is 1. The van der Waals surface area contributed by atoms with Gasteiger partial charge in [-0.3, -0.25) is 4.79 Å². The quantitative estimate of drug-likeness (QED) is 0.0759. The maximum absolute atomic E-state index is 15.1. The minimum absolute atomic E-state index is 0.00795. The smallest absolute Gasteiger partial charge is 0.335 e. The molecular weight excluding hydrogens is 718 g/mol. The van der Waals surface area contributed by atoms with E-state index in [1.807, 2.05) is 32.0 Å². The van der Waals surface area contributed by atoms with E-state index in [9.17, 15) is 41.5 Å². The fourth-order valence-electron chi connectivity index (χ4n) is 5.70. The maximum atomic E-state index is 15.1. The number of anilines is 1. The first-order valence-electron chi connectivity index (χ1n) is 16.6. The van der Waals surface area contributed by atoms with Gasteiger partial charge in [-0.05, 0) is 92.6 Å². The Kier molecular flexibility index (Phi) is 11.7. The van der Waals surface area contributed by atoms with Crippen LogP contribution in [0.4, 0.5) is 23.2 Å². The number of hydrogen-bond acceptors (Lipinski definition) is 7. The van der Waals surface area contributed by atoms with Gasteiger partial charge in [0.15, 0.2) is 23.3 Å². The molecule has 5 rings (SSSR count). The Morgan fingerprint density at radius 2 is 1.68 bits per heavy atom. The molecule has 1 saturated carbocycles. The lowest BCUT2D eigenvalue weighted by atomic mass is 10.0. The fourth-order valence-corrected chi connectivity index (χ4v) is 7.13. The minimum Gasteiger partial charge on any atom is -0.492 e. The van der Waals surface area contributed by atoms with Crippen molar-refractivity contribution in [3.63, 3.8) is 0 Å². The molecule has 1 N–H and O–H groups in total. The summed E-state index contributed by atoms with van der Waals surface area (Å²) in [5.74, 6) is -10.3. The van der Waals surface area contributed by atoms with E-state index in [4.69, 9.17) is 9.47 Å². The molecule has 0 aliphatic heterocycles. The monoisotopic (exact) mass is 753 g/mol. The summed E-state index contributed by atoms with van der Waals surface area (Å²) in [6, 6.07) is 16.8. The second kappa shape index (κ2) is 16.1. The zero-order valence-corrected chi connectivity index (χ0v) is 29.7. The lowest BCUT2D eigenvalue weighted by molar-refractivity contribution is -0.119. The molecule has 10 nitrogen and oxygen atoms in total. The molecule has 0 saturated heterocycles. The van der Waals surface area contributed by atoms with Crippen LogP contribution in [0, 0.1) is 34.6 Å². The van der Waals surface area contributed by atoms with Crippen LogP contribution in [0.3, 0.4) is 0 Å². The molecule has 0 heterocycles.